The van der Waals surface area contributed by atoms with Crippen molar-refractivity contribution in [2.75, 3.05) is 19.5 Å². The van der Waals surface area contributed by atoms with Crippen molar-refractivity contribution >= 4 is 22.5 Å². The summed E-state index contributed by atoms with van der Waals surface area (Å²) >= 11 is 0. The second-order valence-corrected chi connectivity index (χ2v) is 6.45. The Morgan fingerprint density at radius 3 is 2.61 bits per heavy atom. The first-order valence-corrected chi connectivity index (χ1v) is 9.02. The Morgan fingerprint density at radius 1 is 1.14 bits per heavy atom. The average molecular weight is 381 g/mol. The maximum Gasteiger partial charge on any atom is 0.258 e. The van der Waals surface area contributed by atoms with E-state index >= 15 is 0 Å². The molecule has 0 aliphatic rings. The van der Waals surface area contributed by atoms with E-state index in [-0.39, 0.29) is 11.5 Å². The number of para-hydroxylation sites is 1. The summed E-state index contributed by atoms with van der Waals surface area (Å²) in [6.45, 7) is 1.89. The number of aromatic nitrogens is 2. The highest BCUT2D eigenvalue weighted by atomic mass is 16.5. The third-order valence-electron chi connectivity index (χ3n) is 4.48. The van der Waals surface area contributed by atoms with Gasteiger partial charge in [0.1, 0.15) is 5.82 Å². The second kappa shape index (κ2) is 8.56. The minimum Gasteiger partial charge on any atom is -0.493 e. The first-order chi connectivity index (χ1) is 13.5. The molecule has 0 radical (unpaired) electrons. The number of fused-ring (bicyclic) bond motifs is 1. The highest BCUT2D eigenvalue weighted by molar-refractivity contribution is 5.92. The summed E-state index contributed by atoms with van der Waals surface area (Å²) < 4.78 is 10.5. The topological polar surface area (TPSA) is 93.3 Å². The Hall–Kier alpha value is -3.35. The van der Waals surface area contributed by atoms with Crippen LogP contribution in [0.4, 0.5) is 5.69 Å². The van der Waals surface area contributed by atoms with Gasteiger partial charge >= 0.3 is 0 Å². The van der Waals surface area contributed by atoms with Gasteiger partial charge in [0.05, 0.1) is 25.1 Å². The van der Waals surface area contributed by atoms with E-state index in [0.29, 0.717) is 53.2 Å². The molecule has 2 N–H and O–H groups in total. The standard InChI is InChI=1S/C21H23N3O4/c1-13-11-17(27-2)18(28-3)12-16(13)23-20(25)10-6-9-19-22-15-8-5-4-7-14(15)21(26)24-19/h4-5,7-8,11-12H,6,9-10H2,1-3H3,(H,23,25)(H,22,24,26). The number of benzene rings is 2. The van der Waals surface area contributed by atoms with Crippen LogP contribution in [-0.4, -0.2) is 30.1 Å². The highest BCUT2D eigenvalue weighted by Gasteiger charge is 2.11. The molecule has 0 saturated heterocycles. The van der Waals surface area contributed by atoms with Crippen LogP contribution in [0.5, 0.6) is 11.5 Å². The maximum atomic E-state index is 12.3. The van der Waals surface area contributed by atoms with Crippen molar-refractivity contribution in [1.29, 1.82) is 0 Å². The zero-order chi connectivity index (χ0) is 20.1. The summed E-state index contributed by atoms with van der Waals surface area (Å²) in [5, 5.41) is 3.46. The first-order valence-electron chi connectivity index (χ1n) is 9.02. The Balaban J connectivity index is 1.62. The number of carbonyl (C=O) groups excluding carboxylic acids is 1. The summed E-state index contributed by atoms with van der Waals surface area (Å²) in [4.78, 5) is 31.6. The van der Waals surface area contributed by atoms with E-state index in [1.807, 2.05) is 19.1 Å². The number of nitrogens with zero attached hydrogens (tertiary/aromatic N) is 1. The molecule has 3 rings (SSSR count). The van der Waals surface area contributed by atoms with Gasteiger partial charge in [0.2, 0.25) is 5.91 Å². The molecule has 1 heterocycles. The Bertz CT molecular complexity index is 1060. The van der Waals surface area contributed by atoms with Crippen molar-refractivity contribution in [3.63, 3.8) is 0 Å². The number of aromatic amines is 1. The normalized spacial score (nSPS) is 10.7. The number of H-pyrrole nitrogens is 1. The lowest BCUT2D eigenvalue weighted by molar-refractivity contribution is -0.116. The molecule has 0 saturated carbocycles. The van der Waals surface area contributed by atoms with Crippen molar-refractivity contribution in [3.8, 4) is 11.5 Å². The van der Waals surface area contributed by atoms with Crippen molar-refractivity contribution in [2.24, 2.45) is 0 Å². The molecule has 0 atom stereocenters. The van der Waals surface area contributed by atoms with E-state index in [2.05, 4.69) is 15.3 Å². The van der Waals surface area contributed by atoms with Crippen LogP contribution in [0.3, 0.4) is 0 Å². The summed E-state index contributed by atoms with van der Waals surface area (Å²) in [6, 6.07) is 10.8. The number of rotatable bonds is 7. The number of hydrogen-bond acceptors (Lipinski definition) is 5. The van der Waals surface area contributed by atoms with Crippen LogP contribution in [0.25, 0.3) is 10.9 Å². The molecule has 0 unspecified atom stereocenters. The van der Waals surface area contributed by atoms with Crippen molar-refractivity contribution in [2.45, 2.75) is 26.2 Å². The van der Waals surface area contributed by atoms with Gasteiger partial charge in [-0.1, -0.05) is 12.1 Å². The Labute approximate surface area is 162 Å². The summed E-state index contributed by atoms with van der Waals surface area (Å²) in [5.74, 6) is 1.64. The Morgan fingerprint density at radius 2 is 1.86 bits per heavy atom. The third kappa shape index (κ3) is 4.31. The van der Waals surface area contributed by atoms with Crippen LogP contribution in [0.2, 0.25) is 0 Å². The summed E-state index contributed by atoms with van der Waals surface area (Å²) in [6.07, 6.45) is 1.39. The zero-order valence-electron chi connectivity index (χ0n) is 16.2. The summed E-state index contributed by atoms with van der Waals surface area (Å²) in [5.41, 5.74) is 2.06. The molecule has 2 aromatic carbocycles. The van der Waals surface area contributed by atoms with Crippen molar-refractivity contribution < 1.29 is 14.3 Å². The molecule has 0 fully saturated rings. The van der Waals surface area contributed by atoms with E-state index in [9.17, 15) is 9.59 Å². The molecule has 0 aliphatic carbocycles. The van der Waals surface area contributed by atoms with Gasteiger partial charge in [0.15, 0.2) is 11.5 Å². The number of ether oxygens (including phenoxy) is 2. The Kier molecular flexibility index (Phi) is 5.93. The average Bonchev–Trinajstić information content (AvgIpc) is 2.69. The van der Waals surface area contributed by atoms with Crippen molar-refractivity contribution in [3.05, 3.63) is 58.1 Å². The van der Waals surface area contributed by atoms with Crippen LogP contribution in [0, 0.1) is 6.92 Å². The molecule has 7 nitrogen and oxygen atoms in total. The third-order valence-corrected chi connectivity index (χ3v) is 4.48. The van der Waals surface area contributed by atoms with Crippen molar-refractivity contribution in [1.82, 2.24) is 9.97 Å². The quantitative estimate of drug-likeness (QED) is 0.655. The lowest BCUT2D eigenvalue weighted by atomic mass is 10.1. The number of nitrogens with one attached hydrogen (secondary N) is 2. The SMILES string of the molecule is COc1cc(C)c(NC(=O)CCCc2nc3ccccc3c(=O)[nH]2)cc1OC. The molecule has 1 amide bonds. The lowest BCUT2D eigenvalue weighted by Gasteiger charge is -2.13. The fourth-order valence-corrected chi connectivity index (χ4v) is 3.00. The molecule has 28 heavy (non-hydrogen) atoms. The van der Waals surface area contributed by atoms with Gasteiger partial charge in [0, 0.05) is 24.6 Å². The molecule has 0 spiro atoms. The summed E-state index contributed by atoms with van der Waals surface area (Å²) in [7, 11) is 3.12. The van der Waals surface area contributed by atoms with E-state index in [4.69, 9.17) is 9.47 Å². The molecule has 3 aromatic rings. The van der Waals surface area contributed by atoms with Gasteiger partial charge in [-0.3, -0.25) is 9.59 Å². The highest BCUT2D eigenvalue weighted by Crippen LogP contribution is 2.32. The minimum atomic E-state index is -0.161. The van der Waals surface area contributed by atoms with Crippen LogP contribution < -0.4 is 20.3 Å². The number of aryl methyl sites for hydroxylation is 2. The van der Waals surface area contributed by atoms with Crippen LogP contribution in [-0.2, 0) is 11.2 Å². The minimum absolute atomic E-state index is 0.113. The van der Waals surface area contributed by atoms with E-state index in [0.717, 1.165) is 5.56 Å². The predicted molar refractivity (Wildman–Crippen MR) is 108 cm³/mol. The predicted octanol–water partition coefficient (Wildman–Crippen LogP) is 3.21. The molecule has 0 aliphatic heterocycles. The van der Waals surface area contributed by atoms with Gasteiger partial charge in [-0.2, -0.15) is 0 Å². The van der Waals surface area contributed by atoms with Crippen LogP contribution in [0.15, 0.2) is 41.2 Å². The lowest BCUT2D eigenvalue weighted by Crippen LogP contribution is -2.15. The smallest absolute Gasteiger partial charge is 0.258 e. The number of methoxy groups -OCH3 is 2. The van der Waals surface area contributed by atoms with Gasteiger partial charge in [-0.25, -0.2) is 4.98 Å². The van der Waals surface area contributed by atoms with Gasteiger partial charge in [-0.15, -0.1) is 0 Å². The van der Waals surface area contributed by atoms with Gasteiger partial charge < -0.3 is 19.8 Å². The monoisotopic (exact) mass is 381 g/mol. The zero-order valence-corrected chi connectivity index (χ0v) is 16.2. The molecule has 146 valence electrons. The number of amides is 1. The van der Waals surface area contributed by atoms with E-state index < -0.39 is 0 Å². The molecular weight excluding hydrogens is 358 g/mol. The molecule has 1 aromatic heterocycles. The van der Waals surface area contributed by atoms with E-state index in [1.165, 1.54) is 0 Å². The maximum absolute atomic E-state index is 12.3. The number of hydrogen-bond donors (Lipinski definition) is 2. The van der Waals surface area contributed by atoms with E-state index in [1.54, 1.807) is 38.5 Å². The molecule has 0 bridgehead atoms. The fourth-order valence-electron chi connectivity index (χ4n) is 3.00. The number of carbonyl (C=O) groups is 1. The molecule has 7 heteroatoms. The second-order valence-electron chi connectivity index (χ2n) is 6.45. The first kappa shape index (κ1) is 19.4. The van der Waals surface area contributed by atoms with Gasteiger partial charge in [-0.05, 0) is 37.1 Å². The van der Waals surface area contributed by atoms with Gasteiger partial charge in [0.25, 0.3) is 5.56 Å². The van der Waals surface area contributed by atoms with Crippen LogP contribution in [0.1, 0.15) is 24.2 Å². The fraction of sp³-hybridized carbons (Fsp3) is 0.286. The number of anilines is 1. The largest absolute Gasteiger partial charge is 0.493 e. The van der Waals surface area contributed by atoms with Crippen LogP contribution >= 0.6 is 0 Å². The molecular formula is C21H23N3O4.